The number of hydrogen-bond acceptors (Lipinski definition) is 5. The van der Waals surface area contributed by atoms with Crippen LogP contribution in [-0.4, -0.2) is 17.8 Å². The van der Waals surface area contributed by atoms with Crippen LogP contribution in [0.15, 0.2) is 41.6 Å². The van der Waals surface area contributed by atoms with Gasteiger partial charge in [0.2, 0.25) is 6.79 Å². The number of benzene rings is 2. The van der Waals surface area contributed by atoms with Gasteiger partial charge >= 0.3 is 0 Å². The summed E-state index contributed by atoms with van der Waals surface area (Å²) in [4.78, 5) is 0. The Morgan fingerprint density at radius 2 is 2.05 bits per heavy atom. The predicted molar refractivity (Wildman–Crippen MR) is 71.5 cm³/mol. The molecule has 0 saturated carbocycles. The van der Waals surface area contributed by atoms with E-state index < -0.39 is 5.82 Å². The van der Waals surface area contributed by atoms with Gasteiger partial charge in [0.25, 0.3) is 0 Å². The largest absolute Gasteiger partial charge is 0.456 e. The zero-order chi connectivity index (χ0) is 14.8. The van der Waals surface area contributed by atoms with Crippen LogP contribution in [0.1, 0.15) is 5.56 Å². The molecular weight excluding hydrogens is 279 g/mol. The number of amidine groups is 1. The average molecular weight is 290 g/mol. The third kappa shape index (κ3) is 2.40. The highest BCUT2D eigenvalue weighted by atomic mass is 19.1. The van der Waals surface area contributed by atoms with Gasteiger partial charge in [0.05, 0.1) is 5.56 Å². The molecule has 7 heteroatoms. The number of ether oxygens (including phenoxy) is 3. The van der Waals surface area contributed by atoms with Crippen molar-refractivity contribution in [2.75, 3.05) is 6.79 Å². The van der Waals surface area contributed by atoms with Crippen LogP contribution in [0.2, 0.25) is 0 Å². The van der Waals surface area contributed by atoms with Gasteiger partial charge in [-0.05, 0) is 24.3 Å². The number of nitrogens with two attached hydrogens (primary N) is 1. The molecule has 0 atom stereocenters. The van der Waals surface area contributed by atoms with E-state index in [1.165, 1.54) is 18.2 Å². The van der Waals surface area contributed by atoms with Gasteiger partial charge in [0.15, 0.2) is 17.3 Å². The van der Waals surface area contributed by atoms with Crippen molar-refractivity contribution < 1.29 is 23.8 Å². The molecule has 3 N–H and O–H groups in total. The zero-order valence-electron chi connectivity index (χ0n) is 10.7. The lowest BCUT2D eigenvalue weighted by Crippen LogP contribution is -2.16. The van der Waals surface area contributed by atoms with Gasteiger partial charge in [-0.15, -0.1) is 0 Å². The summed E-state index contributed by atoms with van der Waals surface area (Å²) in [6.45, 7) is 0.147. The minimum Gasteiger partial charge on any atom is -0.456 e. The molecule has 0 amide bonds. The van der Waals surface area contributed by atoms with E-state index in [1.807, 2.05) is 0 Å². The third-order valence-electron chi connectivity index (χ3n) is 2.91. The second-order valence-corrected chi connectivity index (χ2v) is 4.22. The van der Waals surface area contributed by atoms with Gasteiger partial charge in [0.1, 0.15) is 17.3 Å². The Morgan fingerprint density at radius 3 is 2.86 bits per heavy atom. The zero-order valence-corrected chi connectivity index (χ0v) is 10.7. The fourth-order valence-corrected chi connectivity index (χ4v) is 1.96. The molecule has 0 aromatic heterocycles. The Morgan fingerprint density at radius 1 is 1.24 bits per heavy atom. The van der Waals surface area contributed by atoms with E-state index in [2.05, 4.69) is 5.16 Å². The van der Waals surface area contributed by atoms with E-state index in [1.54, 1.807) is 18.2 Å². The molecule has 1 heterocycles. The molecular formula is C14H11FN2O4. The third-order valence-corrected chi connectivity index (χ3v) is 2.91. The van der Waals surface area contributed by atoms with Crippen LogP contribution >= 0.6 is 0 Å². The van der Waals surface area contributed by atoms with Crippen LogP contribution < -0.4 is 19.9 Å². The predicted octanol–water partition coefficient (Wildman–Crippen LogP) is 2.44. The highest BCUT2D eigenvalue weighted by Gasteiger charge is 2.17. The van der Waals surface area contributed by atoms with Gasteiger partial charge < -0.3 is 25.2 Å². The molecule has 0 aliphatic carbocycles. The second kappa shape index (κ2) is 5.20. The van der Waals surface area contributed by atoms with Crippen LogP contribution in [0.25, 0.3) is 0 Å². The maximum atomic E-state index is 13.8. The van der Waals surface area contributed by atoms with Gasteiger partial charge in [0, 0.05) is 6.07 Å². The molecule has 2 aromatic carbocycles. The molecule has 3 rings (SSSR count). The number of oxime groups is 1. The van der Waals surface area contributed by atoms with E-state index in [0.717, 1.165) is 0 Å². The first-order valence-electron chi connectivity index (χ1n) is 6.03. The smallest absolute Gasteiger partial charge is 0.231 e. The molecule has 0 fully saturated rings. The first-order chi connectivity index (χ1) is 10.2. The molecule has 0 unspecified atom stereocenters. The van der Waals surface area contributed by atoms with E-state index >= 15 is 0 Å². The van der Waals surface area contributed by atoms with Crippen LogP contribution in [-0.2, 0) is 0 Å². The summed E-state index contributed by atoms with van der Waals surface area (Å²) in [6.07, 6.45) is 0. The summed E-state index contributed by atoms with van der Waals surface area (Å²) in [5.41, 5.74) is 5.36. The van der Waals surface area contributed by atoms with Crippen molar-refractivity contribution in [2.45, 2.75) is 0 Å². The molecule has 1 aliphatic rings. The molecule has 0 radical (unpaired) electrons. The number of halogens is 1. The minimum atomic E-state index is -0.649. The summed E-state index contributed by atoms with van der Waals surface area (Å²) < 4.78 is 29.8. The van der Waals surface area contributed by atoms with Gasteiger partial charge in [-0.2, -0.15) is 0 Å². The van der Waals surface area contributed by atoms with Crippen molar-refractivity contribution in [3.05, 3.63) is 47.8 Å². The maximum Gasteiger partial charge on any atom is 0.231 e. The lowest BCUT2D eigenvalue weighted by atomic mass is 10.1. The Bertz CT molecular complexity index is 718. The quantitative estimate of drug-likeness (QED) is 0.392. The van der Waals surface area contributed by atoms with Crippen molar-refractivity contribution in [1.82, 2.24) is 0 Å². The van der Waals surface area contributed by atoms with E-state index in [9.17, 15) is 4.39 Å². The molecule has 0 bridgehead atoms. The van der Waals surface area contributed by atoms with Crippen LogP contribution in [0.5, 0.6) is 23.0 Å². The number of rotatable bonds is 3. The van der Waals surface area contributed by atoms with Crippen molar-refractivity contribution in [1.29, 1.82) is 0 Å². The van der Waals surface area contributed by atoms with Crippen molar-refractivity contribution in [2.24, 2.45) is 10.9 Å². The van der Waals surface area contributed by atoms with E-state index in [4.69, 9.17) is 25.2 Å². The standard InChI is InChI=1S/C14H11FN2O4/c15-9-2-1-3-11(13(9)14(16)17-18)21-8-4-5-10-12(6-8)20-7-19-10/h1-6,18H,7H2,(H2,16,17). The summed E-state index contributed by atoms with van der Waals surface area (Å²) in [6, 6.07) is 9.12. The maximum absolute atomic E-state index is 13.8. The average Bonchev–Trinajstić information content (AvgIpc) is 2.94. The first-order valence-corrected chi connectivity index (χ1v) is 6.03. The number of nitrogens with zero attached hydrogens (tertiary/aromatic N) is 1. The minimum absolute atomic E-state index is 0.113. The molecule has 1 aliphatic heterocycles. The molecule has 21 heavy (non-hydrogen) atoms. The fraction of sp³-hybridized carbons (Fsp3) is 0.0714. The van der Waals surface area contributed by atoms with Crippen LogP contribution in [0.3, 0.4) is 0 Å². The monoisotopic (exact) mass is 290 g/mol. The highest BCUT2D eigenvalue weighted by Crippen LogP contribution is 2.37. The molecule has 0 saturated heterocycles. The topological polar surface area (TPSA) is 86.3 Å². The lowest BCUT2D eigenvalue weighted by Gasteiger charge is -2.11. The molecule has 108 valence electrons. The van der Waals surface area contributed by atoms with Crippen LogP contribution in [0.4, 0.5) is 4.39 Å². The summed E-state index contributed by atoms with van der Waals surface area (Å²) in [5, 5.41) is 11.5. The molecule has 0 spiro atoms. The lowest BCUT2D eigenvalue weighted by molar-refractivity contribution is 0.174. The highest BCUT2D eigenvalue weighted by molar-refractivity contribution is 5.99. The van der Waals surface area contributed by atoms with E-state index in [-0.39, 0.29) is 23.9 Å². The first kappa shape index (κ1) is 13.0. The number of fused-ring (bicyclic) bond motifs is 1. The SMILES string of the molecule is NC(=NO)c1c(F)cccc1Oc1ccc2c(c1)OCO2. The number of hydrogen-bond donors (Lipinski definition) is 2. The summed E-state index contributed by atoms with van der Waals surface area (Å²) in [5.74, 6) is 0.667. The fourth-order valence-electron chi connectivity index (χ4n) is 1.96. The second-order valence-electron chi connectivity index (χ2n) is 4.22. The summed E-state index contributed by atoms with van der Waals surface area (Å²) in [7, 11) is 0. The van der Waals surface area contributed by atoms with Crippen molar-refractivity contribution in [3.63, 3.8) is 0 Å². The van der Waals surface area contributed by atoms with Crippen LogP contribution in [0, 0.1) is 5.82 Å². The Balaban J connectivity index is 1.97. The van der Waals surface area contributed by atoms with Gasteiger partial charge in [-0.1, -0.05) is 11.2 Å². The molecule has 2 aromatic rings. The van der Waals surface area contributed by atoms with Crippen molar-refractivity contribution in [3.8, 4) is 23.0 Å². The Hall–Kier alpha value is -2.96. The Labute approximate surface area is 119 Å². The van der Waals surface area contributed by atoms with Gasteiger partial charge in [-0.3, -0.25) is 0 Å². The Kier molecular flexibility index (Phi) is 3.23. The molecule has 6 nitrogen and oxygen atoms in total. The van der Waals surface area contributed by atoms with Crippen molar-refractivity contribution >= 4 is 5.84 Å². The van der Waals surface area contributed by atoms with Gasteiger partial charge in [-0.25, -0.2) is 4.39 Å². The van der Waals surface area contributed by atoms with E-state index in [0.29, 0.717) is 17.2 Å². The normalized spacial score (nSPS) is 13.3. The summed E-state index contributed by atoms with van der Waals surface area (Å²) >= 11 is 0.